The second-order valence-corrected chi connectivity index (χ2v) is 6.99. The number of unbranched alkanes of at least 4 members (excludes halogenated alkanes) is 1. The van der Waals surface area contributed by atoms with Crippen LogP contribution in [0.5, 0.6) is 0 Å². The van der Waals surface area contributed by atoms with Crippen molar-refractivity contribution < 1.29 is 0 Å². The van der Waals surface area contributed by atoms with Gasteiger partial charge in [0.2, 0.25) is 0 Å². The lowest BCUT2D eigenvalue weighted by atomic mass is 10.0. The molecular formula is C18H29BrN2. The summed E-state index contributed by atoms with van der Waals surface area (Å²) in [7, 11) is 0. The van der Waals surface area contributed by atoms with Crippen LogP contribution in [-0.4, -0.2) is 30.6 Å². The van der Waals surface area contributed by atoms with E-state index in [1.807, 2.05) is 0 Å². The molecule has 1 aliphatic carbocycles. The Balaban J connectivity index is 1.92. The van der Waals surface area contributed by atoms with Crippen molar-refractivity contribution >= 4 is 15.9 Å². The summed E-state index contributed by atoms with van der Waals surface area (Å²) >= 11 is 3.59. The Labute approximate surface area is 138 Å². The number of rotatable bonds is 10. The highest BCUT2D eigenvalue weighted by molar-refractivity contribution is 9.10. The van der Waals surface area contributed by atoms with Gasteiger partial charge in [0.15, 0.2) is 0 Å². The van der Waals surface area contributed by atoms with Crippen LogP contribution in [0.2, 0.25) is 0 Å². The zero-order chi connectivity index (χ0) is 15.1. The van der Waals surface area contributed by atoms with E-state index in [4.69, 9.17) is 0 Å². The third-order valence-corrected chi connectivity index (χ3v) is 4.76. The lowest BCUT2D eigenvalue weighted by molar-refractivity contribution is 0.243. The average Bonchev–Trinajstić information content (AvgIpc) is 3.31. The molecule has 0 radical (unpaired) electrons. The third kappa shape index (κ3) is 5.72. The van der Waals surface area contributed by atoms with Crippen LogP contribution in [0, 0.1) is 0 Å². The van der Waals surface area contributed by atoms with Gasteiger partial charge in [0.1, 0.15) is 0 Å². The Morgan fingerprint density at radius 1 is 1.29 bits per heavy atom. The Morgan fingerprint density at radius 3 is 2.71 bits per heavy atom. The fourth-order valence-electron chi connectivity index (χ4n) is 2.93. The predicted molar refractivity (Wildman–Crippen MR) is 94.7 cm³/mol. The van der Waals surface area contributed by atoms with Crippen LogP contribution < -0.4 is 5.32 Å². The molecule has 0 amide bonds. The fourth-order valence-corrected chi connectivity index (χ4v) is 3.35. The molecule has 1 saturated carbocycles. The molecule has 1 aromatic carbocycles. The van der Waals surface area contributed by atoms with Crippen molar-refractivity contribution in [2.24, 2.45) is 0 Å². The van der Waals surface area contributed by atoms with E-state index in [0.717, 1.165) is 12.6 Å². The average molecular weight is 353 g/mol. The molecule has 0 heterocycles. The first-order chi connectivity index (χ1) is 10.2. The maximum Gasteiger partial charge on any atom is 0.0332 e. The van der Waals surface area contributed by atoms with E-state index < -0.39 is 0 Å². The van der Waals surface area contributed by atoms with Gasteiger partial charge in [-0.1, -0.05) is 48.3 Å². The third-order valence-electron chi connectivity index (χ3n) is 4.27. The monoisotopic (exact) mass is 352 g/mol. The number of nitrogens with one attached hydrogen (secondary N) is 1. The van der Waals surface area contributed by atoms with Gasteiger partial charge in [-0.2, -0.15) is 0 Å². The molecule has 0 saturated heterocycles. The Kier molecular flexibility index (Phi) is 7.21. The van der Waals surface area contributed by atoms with Gasteiger partial charge in [-0.15, -0.1) is 0 Å². The molecule has 1 N–H and O–H groups in total. The van der Waals surface area contributed by atoms with E-state index in [-0.39, 0.29) is 0 Å². The van der Waals surface area contributed by atoms with Gasteiger partial charge >= 0.3 is 0 Å². The second-order valence-electron chi connectivity index (χ2n) is 6.07. The largest absolute Gasteiger partial charge is 0.310 e. The van der Waals surface area contributed by atoms with Crippen LogP contribution in [0.1, 0.15) is 57.6 Å². The molecule has 0 aromatic heterocycles. The maximum atomic E-state index is 3.65. The van der Waals surface area contributed by atoms with Crippen molar-refractivity contribution in [2.75, 3.05) is 19.6 Å². The summed E-state index contributed by atoms with van der Waals surface area (Å²) in [5.74, 6) is 0. The normalized spacial score (nSPS) is 16.4. The highest BCUT2D eigenvalue weighted by atomic mass is 79.9. The van der Waals surface area contributed by atoms with Crippen LogP contribution in [0.4, 0.5) is 0 Å². The van der Waals surface area contributed by atoms with Gasteiger partial charge < -0.3 is 10.2 Å². The number of hydrogen-bond donors (Lipinski definition) is 1. The summed E-state index contributed by atoms with van der Waals surface area (Å²) < 4.78 is 1.17. The van der Waals surface area contributed by atoms with Crippen molar-refractivity contribution in [3.8, 4) is 0 Å². The maximum absolute atomic E-state index is 3.65. The van der Waals surface area contributed by atoms with Crippen LogP contribution in [-0.2, 0) is 0 Å². The van der Waals surface area contributed by atoms with Crippen molar-refractivity contribution in [3.63, 3.8) is 0 Å². The molecule has 118 valence electrons. The topological polar surface area (TPSA) is 15.3 Å². The van der Waals surface area contributed by atoms with Crippen molar-refractivity contribution in [1.82, 2.24) is 10.2 Å². The van der Waals surface area contributed by atoms with Gasteiger partial charge in [-0.25, -0.2) is 0 Å². The highest BCUT2D eigenvalue weighted by Gasteiger charge is 2.28. The first-order valence-corrected chi connectivity index (χ1v) is 9.26. The van der Waals surface area contributed by atoms with Crippen LogP contribution in [0.3, 0.4) is 0 Å². The molecule has 3 heteroatoms. The zero-order valence-electron chi connectivity index (χ0n) is 13.4. The molecule has 1 fully saturated rings. The summed E-state index contributed by atoms with van der Waals surface area (Å²) in [6.45, 7) is 8.00. The minimum atomic E-state index is 0.468. The lowest BCUT2D eigenvalue weighted by Crippen LogP contribution is -2.32. The first-order valence-electron chi connectivity index (χ1n) is 8.47. The first kappa shape index (κ1) is 17.0. The SMILES string of the molecule is CCCCN(CCC(NCC)c1cccc(Br)c1)C1CC1. The molecule has 1 unspecified atom stereocenters. The molecule has 2 rings (SSSR count). The van der Waals surface area contributed by atoms with Crippen LogP contribution in [0.25, 0.3) is 0 Å². The van der Waals surface area contributed by atoms with Crippen LogP contribution >= 0.6 is 15.9 Å². The van der Waals surface area contributed by atoms with Gasteiger partial charge in [-0.3, -0.25) is 0 Å². The quantitative estimate of drug-likeness (QED) is 0.653. The van der Waals surface area contributed by atoms with Gasteiger partial charge in [0.05, 0.1) is 0 Å². The molecule has 2 nitrogen and oxygen atoms in total. The molecular weight excluding hydrogens is 324 g/mol. The molecule has 0 spiro atoms. The fraction of sp³-hybridized carbons (Fsp3) is 0.667. The zero-order valence-corrected chi connectivity index (χ0v) is 15.0. The van der Waals surface area contributed by atoms with Crippen molar-refractivity contribution in [1.29, 1.82) is 0 Å². The molecule has 1 aromatic rings. The summed E-state index contributed by atoms with van der Waals surface area (Å²) in [6, 6.07) is 10.1. The molecule has 0 aliphatic heterocycles. The highest BCUT2D eigenvalue weighted by Crippen LogP contribution is 2.29. The van der Waals surface area contributed by atoms with Gasteiger partial charge in [0.25, 0.3) is 0 Å². The van der Waals surface area contributed by atoms with E-state index in [9.17, 15) is 0 Å². The van der Waals surface area contributed by atoms with E-state index in [2.05, 4.69) is 64.3 Å². The minimum absolute atomic E-state index is 0.468. The summed E-state index contributed by atoms with van der Waals surface area (Å²) in [6.07, 6.45) is 6.65. The van der Waals surface area contributed by atoms with Crippen LogP contribution in [0.15, 0.2) is 28.7 Å². The van der Waals surface area contributed by atoms with Gasteiger partial charge in [-0.05, 0) is 56.5 Å². The molecule has 1 aliphatic rings. The minimum Gasteiger partial charge on any atom is -0.310 e. The lowest BCUT2D eigenvalue weighted by Gasteiger charge is -2.26. The molecule has 1 atom stereocenters. The number of benzene rings is 1. The predicted octanol–water partition coefficient (Wildman–Crippen LogP) is 4.75. The van der Waals surface area contributed by atoms with E-state index in [1.54, 1.807) is 0 Å². The Bertz CT molecular complexity index is 417. The van der Waals surface area contributed by atoms with Crippen molar-refractivity contribution in [2.45, 2.75) is 58.0 Å². The van der Waals surface area contributed by atoms with E-state index in [0.29, 0.717) is 6.04 Å². The van der Waals surface area contributed by atoms with Crippen molar-refractivity contribution in [3.05, 3.63) is 34.3 Å². The van der Waals surface area contributed by atoms with Gasteiger partial charge in [0, 0.05) is 23.1 Å². The summed E-state index contributed by atoms with van der Waals surface area (Å²) in [5.41, 5.74) is 1.40. The molecule has 21 heavy (non-hydrogen) atoms. The standard InChI is InChI=1S/C18H29BrN2/c1-3-5-12-21(17-9-10-17)13-11-18(20-4-2)15-7-6-8-16(19)14-15/h6-8,14,17-18,20H,3-5,9-13H2,1-2H3. The number of nitrogens with zero attached hydrogens (tertiary/aromatic N) is 1. The Morgan fingerprint density at radius 2 is 2.10 bits per heavy atom. The number of hydrogen-bond acceptors (Lipinski definition) is 2. The Hall–Kier alpha value is -0.380. The molecule has 0 bridgehead atoms. The second kappa shape index (κ2) is 8.92. The van der Waals surface area contributed by atoms with E-state index in [1.165, 1.54) is 55.2 Å². The summed E-state index contributed by atoms with van der Waals surface area (Å²) in [5, 5.41) is 3.65. The number of halogens is 1. The summed E-state index contributed by atoms with van der Waals surface area (Å²) in [4.78, 5) is 2.71. The smallest absolute Gasteiger partial charge is 0.0332 e. The van der Waals surface area contributed by atoms with E-state index >= 15 is 0 Å².